The zero-order chi connectivity index (χ0) is 21.5. The third-order valence-corrected chi connectivity index (χ3v) is 5.50. The molecule has 3 rings (SSSR count). The third-order valence-electron chi connectivity index (χ3n) is 4.48. The first-order chi connectivity index (χ1) is 14.5. The van der Waals surface area contributed by atoms with Crippen LogP contribution >= 0.6 is 11.3 Å². The van der Waals surface area contributed by atoms with E-state index in [0.29, 0.717) is 17.2 Å². The molecule has 30 heavy (non-hydrogen) atoms. The summed E-state index contributed by atoms with van der Waals surface area (Å²) in [7, 11) is 0. The monoisotopic (exact) mass is 423 g/mol. The van der Waals surface area contributed by atoms with E-state index >= 15 is 0 Å². The second kappa shape index (κ2) is 10.1. The molecule has 0 fully saturated rings. The van der Waals surface area contributed by atoms with E-state index in [2.05, 4.69) is 5.32 Å². The molecular formula is C24H25NO4S. The first kappa shape index (κ1) is 21.6. The Bertz CT molecular complexity index is 1010. The van der Waals surface area contributed by atoms with Crippen molar-refractivity contribution in [3.63, 3.8) is 0 Å². The van der Waals surface area contributed by atoms with Gasteiger partial charge in [-0.15, -0.1) is 11.3 Å². The fourth-order valence-corrected chi connectivity index (χ4v) is 4.29. The fraction of sp³-hybridized carbons (Fsp3) is 0.250. The Labute approximate surface area is 180 Å². The summed E-state index contributed by atoms with van der Waals surface area (Å²) >= 11 is 1.39. The molecule has 2 aromatic carbocycles. The molecular weight excluding hydrogens is 398 g/mol. The number of carbonyl (C=O) groups is 2. The van der Waals surface area contributed by atoms with Crippen molar-refractivity contribution in [2.75, 3.05) is 18.5 Å². The summed E-state index contributed by atoms with van der Waals surface area (Å²) in [5.41, 5.74) is 2.99. The number of benzene rings is 2. The van der Waals surface area contributed by atoms with Crippen LogP contribution in [0.1, 0.15) is 34.6 Å². The van der Waals surface area contributed by atoms with E-state index in [1.165, 1.54) is 11.3 Å². The molecule has 6 heteroatoms. The van der Waals surface area contributed by atoms with Crippen LogP contribution in [0.15, 0.2) is 54.6 Å². The second-order valence-electron chi connectivity index (χ2n) is 6.63. The summed E-state index contributed by atoms with van der Waals surface area (Å²) in [6.45, 7) is 6.50. The van der Waals surface area contributed by atoms with E-state index in [1.54, 1.807) is 6.92 Å². The lowest BCUT2D eigenvalue weighted by Gasteiger charge is -2.09. The molecule has 1 amide bonds. The van der Waals surface area contributed by atoms with Gasteiger partial charge in [-0.2, -0.15) is 0 Å². The minimum Gasteiger partial charge on any atom is -0.494 e. The average Bonchev–Trinajstić information content (AvgIpc) is 3.06. The van der Waals surface area contributed by atoms with Crippen LogP contribution in [-0.4, -0.2) is 25.1 Å². The Morgan fingerprint density at radius 2 is 1.67 bits per heavy atom. The number of hydrogen-bond donors (Lipinski definition) is 1. The molecule has 0 saturated carbocycles. The van der Waals surface area contributed by atoms with Crippen molar-refractivity contribution in [3.05, 3.63) is 70.6 Å². The van der Waals surface area contributed by atoms with Crippen LogP contribution in [0.25, 0.3) is 11.1 Å². The van der Waals surface area contributed by atoms with E-state index in [-0.39, 0.29) is 18.9 Å². The molecule has 0 unspecified atom stereocenters. The van der Waals surface area contributed by atoms with Gasteiger partial charge in [0.05, 0.1) is 19.6 Å². The zero-order valence-electron chi connectivity index (χ0n) is 17.4. The van der Waals surface area contributed by atoms with E-state index in [1.807, 2.05) is 68.4 Å². The minimum atomic E-state index is -0.433. The van der Waals surface area contributed by atoms with Crippen molar-refractivity contribution in [3.8, 4) is 16.9 Å². The van der Waals surface area contributed by atoms with Crippen molar-refractivity contribution in [2.24, 2.45) is 0 Å². The molecule has 156 valence electrons. The molecule has 1 aromatic heterocycles. The molecule has 0 radical (unpaired) electrons. The largest absolute Gasteiger partial charge is 0.494 e. The Morgan fingerprint density at radius 1 is 0.967 bits per heavy atom. The topological polar surface area (TPSA) is 64.6 Å². The summed E-state index contributed by atoms with van der Waals surface area (Å²) in [4.78, 5) is 26.4. The molecule has 0 aliphatic rings. The maximum Gasteiger partial charge on any atom is 0.341 e. The number of carbonyl (C=O) groups excluding carboxylic acids is 2. The first-order valence-electron chi connectivity index (χ1n) is 9.91. The molecule has 1 heterocycles. The normalized spacial score (nSPS) is 10.5. The number of aryl methyl sites for hydroxylation is 1. The number of thiophene rings is 1. The van der Waals surface area contributed by atoms with Gasteiger partial charge in [0.25, 0.3) is 0 Å². The highest BCUT2D eigenvalue weighted by atomic mass is 32.1. The molecule has 1 N–H and O–H groups in total. The SMILES string of the molecule is CCOC(=O)c1c(NC(=O)Cc2ccc(OCC)cc2)sc(C)c1-c1ccccc1. The van der Waals surface area contributed by atoms with Gasteiger partial charge in [-0.1, -0.05) is 42.5 Å². The van der Waals surface area contributed by atoms with Crippen LogP contribution < -0.4 is 10.1 Å². The van der Waals surface area contributed by atoms with Crippen molar-refractivity contribution in [1.82, 2.24) is 0 Å². The van der Waals surface area contributed by atoms with Gasteiger partial charge in [-0.3, -0.25) is 4.79 Å². The molecule has 0 bridgehead atoms. The van der Waals surface area contributed by atoms with Gasteiger partial charge in [0.15, 0.2) is 0 Å². The molecule has 0 aliphatic heterocycles. The van der Waals surface area contributed by atoms with E-state index in [9.17, 15) is 9.59 Å². The van der Waals surface area contributed by atoms with E-state index in [4.69, 9.17) is 9.47 Å². The lowest BCUT2D eigenvalue weighted by molar-refractivity contribution is -0.115. The van der Waals surface area contributed by atoms with Crippen LogP contribution in [0.5, 0.6) is 5.75 Å². The predicted octanol–water partition coefficient (Wildman–Crippen LogP) is 5.48. The number of esters is 1. The zero-order valence-corrected chi connectivity index (χ0v) is 18.2. The minimum absolute atomic E-state index is 0.189. The lowest BCUT2D eigenvalue weighted by Crippen LogP contribution is -2.16. The summed E-state index contributed by atoms with van der Waals surface area (Å²) in [6, 6.07) is 17.1. The maximum absolute atomic E-state index is 12.7. The summed E-state index contributed by atoms with van der Waals surface area (Å²) in [5, 5.41) is 3.43. The van der Waals surface area contributed by atoms with Gasteiger partial charge in [0.2, 0.25) is 5.91 Å². The Morgan fingerprint density at radius 3 is 2.30 bits per heavy atom. The first-order valence-corrected chi connectivity index (χ1v) is 10.7. The number of rotatable bonds is 8. The van der Waals surface area contributed by atoms with Gasteiger partial charge in [0.1, 0.15) is 16.3 Å². The standard InChI is InChI=1S/C24H25NO4S/c1-4-28-19-13-11-17(12-14-19)15-20(26)25-23-22(24(27)29-5-2)21(16(3)30-23)18-9-7-6-8-10-18/h6-14H,4-5,15H2,1-3H3,(H,25,26). The van der Waals surface area contributed by atoms with Crippen LogP contribution in [0.4, 0.5) is 5.00 Å². The van der Waals surface area contributed by atoms with Crippen molar-refractivity contribution in [2.45, 2.75) is 27.2 Å². The fourth-order valence-electron chi connectivity index (χ4n) is 3.21. The molecule has 0 saturated heterocycles. The quantitative estimate of drug-likeness (QED) is 0.487. The number of nitrogens with one attached hydrogen (secondary N) is 1. The van der Waals surface area contributed by atoms with Crippen LogP contribution in [0.3, 0.4) is 0 Å². The maximum atomic E-state index is 12.7. The van der Waals surface area contributed by atoms with Crippen LogP contribution in [-0.2, 0) is 16.0 Å². The lowest BCUT2D eigenvalue weighted by atomic mass is 10.0. The highest BCUT2D eigenvalue weighted by Crippen LogP contribution is 2.40. The number of amides is 1. The highest BCUT2D eigenvalue weighted by molar-refractivity contribution is 7.17. The molecule has 0 atom stereocenters. The average molecular weight is 424 g/mol. The molecule has 5 nitrogen and oxygen atoms in total. The predicted molar refractivity (Wildman–Crippen MR) is 120 cm³/mol. The van der Waals surface area contributed by atoms with Crippen molar-refractivity contribution >= 4 is 28.2 Å². The molecule has 0 aliphatic carbocycles. The van der Waals surface area contributed by atoms with Crippen molar-refractivity contribution in [1.29, 1.82) is 0 Å². The molecule has 0 spiro atoms. The third kappa shape index (κ3) is 5.07. The number of hydrogen-bond acceptors (Lipinski definition) is 5. The second-order valence-corrected chi connectivity index (χ2v) is 7.85. The van der Waals surface area contributed by atoms with Gasteiger partial charge in [-0.25, -0.2) is 4.79 Å². The summed E-state index contributed by atoms with van der Waals surface area (Å²) < 4.78 is 10.7. The van der Waals surface area contributed by atoms with E-state index in [0.717, 1.165) is 27.3 Å². The molecule has 3 aromatic rings. The number of anilines is 1. The van der Waals surface area contributed by atoms with Crippen LogP contribution in [0, 0.1) is 6.92 Å². The van der Waals surface area contributed by atoms with E-state index < -0.39 is 5.97 Å². The van der Waals surface area contributed by atoms with Gasteiger partial charge < -0.3 is 14.8 Å². The van der Waals surface area contributed by atoms with Crippen LogP contribution in [0.2, 0.25) is 0 Å². The van der Waals surface area contributed by atoms with Crippen molar-refractivity contribution < 1.29 is 19.1 Å². The Balaban J connectivity index is 1.86. The Kier molecular flexibility index (Phi) is 7.25. The highest BCUT2D eigenvalue weighted by Gasteiger charge is 2.25. The summed E-state index contributed by atoms with van der Waals surface area (Å²) in [5.74, 6) is 0.148. The number of ether oxygens (including phenoxy) is 2. The van der Waals surface area contributed by atoms with Gasteiger partial charge in [-0.05, 0) is 44.0 Å². The van der Waals surface area contributed by atoms with Gasteiger partial charge in [0, 0.05) is 10.4 Å². The Hall–Kier alpha value is -3.12. The smallest absolute Gasteiger partial charge is 0.341 e. The van der Waals surface area contributed by atoms with Gasteiger partial charge >= 0.3 is 5.97 Å². The summed E-state index contributed by atoms with van der Waals surface area (Å²) in [6.07, 6.45) is 0.201.